The summed E-state index contributed by atoms with van der Waals surface area (Å²) >= 11 is 1.95. The van der Waals surface area contributed by atoms with Gasteiger partial charge in [-0.3, -0.25) is 4.90 Å². The van der Waals surface area contributed by atoms with Crippen LogP contribution in [-0.4, -0.2) is 23.5 Å². The van der Waals surface area contributed by atoms with Gasteiger partial charge in [-0.25, -0.2) is 0 Å². The predicted molar refractivity (Wildman–Crippen MR) is 84.7 cm³/mol. The molecule has 1 aliphatic heterocycles. The number of hydrogen-bond donors (Lipinski definition) is 1. The molecule has 1 saturated heterocycles. The molecule has 1 fully saturated rings. The smallest absolute Gasteiger partial charge is 0.0302 e. The first-order chi connectivity index (χ1) is 8.95. The lowest BCUT2D eigenvalue weighted by Crippen LogP contribution is -2.26. The molecule has 3 heteroatoms. The van der Waals surface area contributed by atoms with E-state index >= 15 is 0 Å². The quantitative estimate of drug-likeness (QED) is 0.883. The van der Waals surface area contributed by atoms with Crippen molar-refractivity contribution in [2.75, 3.05) is 6.54 Å². The van der Waals surface area contributed by atoms with Crippen LogP contribution < -0.4 is 5.32 Å². The zero-order valence-corrected chi connectivity index (χ0v) is 13.8. The standard InChI is InChI=1S/C16H28N2S/c1-11(2)17-8-16-7-15(14(5)19-16)10-18-9-12(3)6-13(18)4/h7,11-13,17H,6,8-10H2,1-5H3. The SMILES string of the molecule is Cc1sc(CNC(C)C)cc1CN1CC(C)CC1C. The molecule has 1 aromatic rings. The maximum absolute atomic E-state index is 3.51. The Morgan fingerprint density at radius 2 is 2.16 bits per heavy atom. The van der Waals surface area contributed by atoms with Gasteiger partial charge in [0, 0.05) is 41.5 Å². The third-order valence-corrected chi connectivity index (χ3v) is 5.14. The Balaban J connectivity index is 1.97. The van der Waals surface area contributed by atoms with Crippen molar-refractivity contribution in [1.82, 2.24) is 10.2 Å². The summed E-state index contributed by atoms with van der Waals surface area (Å²) in [6.45, 7) is 14.8. The van der Waals surface area contributed by atoms with Gasteiger partial charge in [-0.15, -0.1) is 11.3 Å². The van der Waals surface area contributed by atoms with Crippen LogP contribution in [0, 0.1) is 12.8 Å². The van der Waals surface area contributed by atoms with Crippen LogP contribution in [0.4, 0.5) is 0 Å². The highest BCUT2D eigenvalue weighted by atomic mass is 32.1. The lowest BCUT2D eigenvalue weighted by Gasteiger charge is -2.20. The highest BCUT2D eigenvalue weighted by Gasteiger charge is 2.26. The average Bonchev–Trinajstić information content (AvgIpc) is 2.81. The number of likely N-dealkylation sites (tertiary alicyclic amines) is 1. The van der Waals surface area contributed by atoms with E-state index in [1.807, 2.05) is 11.3 Å². The first-order valence-corrected chi connectivity index (χ1v) is 8.33. The molecule has 2 atom stereocenters. The topological polar surface area (TPSA) is 15.3 Å². The van der Waals surface area contributed by atoms with Crippen molar-refractivity contribution in [2.45, 2.75) is 66.2 Å². The van der Waals surface area contributed by atoms with Gasteiger partial charge in [0.2, 0.25) is 0 Å². The van der Waals surface area contributed by atoms with Crippen LogP contribution >= 0.6 is 11.3 Å². The van der Waals surface area contributed by atoms with Crippen LogP contribution in [0.15, 0.2) is 6.07 Å². The molecule has 108 valence electrons. The van der Waals surface area contributed by atoms with Gasteiger partial charge in [0.05, 0.1) is 0 Å². The Labute approximate surface area is 122 Å². The molecule has 2 heterocycles. The van der Waals surface area contributed by atoms with E-state index in [1.165, 1.54) is 28.3 Å². The molecule has 2 nitrogen and oxygen atoms in total. The van der Waals surface area contributed by atoms with Gasteiger partial charge in [-0.1, -0.05) is 20.8 Å². The number of aryl methyl sites for hydroxylation is 1. The molecular weight excluding hydrogens is 252 g/mol. The number of rotatable bonds is 5. The maximum Gasteiger partial charge on any atom is 0.0302 e. The van der Waals surface area contributed by atoms with Crippen LogP contribution in [-0.2, 0) is 13.1 Å². The van der Waals surface area contributed by atoms with Crippen molar-refractivity contribution >= 4 is 11.3 Å². The molecule has 0 aromatic carbocycles. The summed E-state index contributed by atoms with van der Waals surface area (Å²) in [5.74, 6) is 0.857. The number of thiophene rings is 1. The molecule has 0 spiro atoms. The van der Waals surface area contributed by atoms with Crippen molar-refractivity contribution in [3.05, 3.63) is 21.4 Å². The summed E-state index contributed by atoms with van der Waals surface area (Å²) in [4.78, 5) is 5.60. The van der Waals surface area contributed by atoms with Gasteiger partial charge >= 0.3 is 0 Å². The lowest BCUT2D eigenvalue weighted by molar-refractivity contribution is 0.256. The molecule has 0 amide bonds. The Morgan fingerprint density at radius 1 is 1.42 bits per heavy atom. The van der Waals surface area contributed by atoms with E-state index in [1.54, 1.807) is 0 Å². The molecule has 2 unspecified atom stereocenters. The fourth-order valence-electron chi connectivity index (χ4n) is 2.96. The van der Waals surface area contributed by atoms with Crippen molar-refractivity contribution in [3.8, 4) is 0 Å². The van der Waals surface area contributed by atoms with Crippen molar-refractivity contribution < 1.29 is 0 Å². The van der Waals surface area contributed by atoms with E-state index in [4.69, 9.17) is 0 Å². The molecular formula is C16H28N2S. The monoisotopic (exact) mass is 280 g/mol. The Hall–Kier alpha value is -0.380. The minimum Gasteiger partial charge on any atom is -0.310 e. The molecule has 0 saturated carbocycles. The van der Waals surface area contributed by atoms with Crippen LogP contribution in [0.3, 0.4) is 0 Å². The van der Waals surface area contributed by atoms with Crippen LogP contribution in [0.1, 0.15) is 49.4 Å². The second-order valence-corrected chi connectivity index (χ2v) is 7.79. The average molecular weight is 280 g/mol. The van der Waals surface area contributed by atoms with Gasteiger partial charge in [0.1, 0.15) is 0 Å². The molecule has 1 N–H and O–H groups in total. The summed E-state index contributed by atoms with van der Waals surface area (Å²) in [5, 5.41) is 3.51. The molecule has 2 rings (SSSR count). The summed E-state index contributed by atoms with van der Waals surface area (Å²) < 4.78 is 0. The number of nitrogens with one attached hydrogen (secondary N) is 1. The molecule has 19 heavy (non-hydrogen) atoms. The first kappa shape index (κ1) is 15.0. The fourth-order valence-corrected chi connectivity index (χ4v) is 3.97. The van der Waals surface area contributed by atoms with Crippen molar-refractivity contribution in [1.29, 1.82) is 0 Å². The Bertz CT molecular complexity index is 411. The van der Waals surface area contributed by atoms with Gasteiger partial charge in [-0.2, -0.15) is 0 Å². The van der Waals surface area contributed by atoms with E-state index in [0.29, 0.717) is 6.04 Å². The number of nitrogens with zero attached hydrogens (tertiary/aromatic N) is 1. The Kier molecular flexibility index (Phi) is 5.04. The third kappa shape index (κ3) is 4.04. The molecule has 0 radical (unpaired) electrons. The van der Waals surface area contributed by atoms with Crippen LogP contribution in [0.5, 0.6) is 0 Å². The summed E-state index contributed by atoms with van der Waals surface area (Å²) in [6, 6.07) is 3.71. The van der Waals surface area contributed by atoms with E-state index in [-0.39, 0.29) is 0 Å². The van der Waals surface area contributed by atoms with Crippen LogP contribution in [0.25, 0.3) is 0 Å². The Morgan fingerprint density at radius 3 is 2.74 bits per heavy atom. The predicted octanol–water partition coefficient (Wildman–Crippen LogP) is 3.78. The largest absolute Gasteiger partial charge is 0.310 e. The van der Waals surface area contributed by atoms with Crippen molar-refractivity contribution in [3.63, 3.8) is 0 Å². The highest BCUT2D eigenvalue weighted by molar-refractivity contribution is 7.12. The second-order valence-electron chi connectivity index (χ2n) is 6.45. The van der Waals surface area contributed by atoms with Gasteiger partial charge in [-0.05, 0) is 37.8 Å². The van der Waals surface area contributed by atoms with Gasteiger partial charge < -0.3 is 5.32 Å². The van der Waals surface area contributed by atoms with Gasteiger partial charge in [0.25, 0.3) is 0 Å². The third-order valence-electron chi connectivity index (χ3n) is 4.04. The molecule has 0 aliphatic carbocycles. The summed E-state index contributed by atoms with van der Waals surface area (Å²) in [5.41, 5.74) is 1.53. The minimum atomic E-state index is 0.560. The normalized spacial score (nSPS) is 24.5. The molecule has 1 aromatic heterocycles. The number of hydrogen-bond acceptors (Lipinski definition) is 3. The zero-order chi connectivity index (χ0) is 14.0. The fraction of sp³-hybridized carbons (Fsp3) is 0.750. The van der Waals surface area contributed by atoms with Crippen LogP contribution in [0.2, 0.25) is 0 Å². The maximum atomic E-state index is 3.51. The van der Waals surface area contributed by atoms with E-state index in [2.05, 4.69) is 50.9 Å². The van der Waals surface area contributed by atoms with E-state index < -0.39 is 0 Å². The second kappa shape index (κ2) is 6.38. The van der Waals surface area contributed by atoms with E-state index in [9.17, 15) is 0 Å². The highest BCUT2D eigenvalue weighted by Crippen LogP contribution is 2.28. The zero-order valence-electron chi connectivity index (χ0n) is 13.0. The summed E-state index contributed by atoms with van der Waals surface area (Å²) in [6.07, 6.45) is 1.35. The van der Waals surface area contributed by atoms with E-state index in [0.717, 1.165) is 25.0 Å². The van der Waals surface area contributed by atoms with Gasteiger partial charge in [0.15, 0.2) is 0 Å². The first-order valence-electron chi connectivity index (χ1n) is 7.51. The molecule has 0 bridgehead atoms. The summed E-state index contributed by atoms with van der Waals surface area (Å²) in [7, 11) is 0. The van der Waals surface area contributed by atoms with Crippen molar-refractivity contribution in [2.24, 2.45) is 5.92 Å². The minimum absolute atomic E-state index is 0.560. The lowest BCUT2D eigenvalue weighted by atomic mass is 10.1. The molecule has 1 aliphatic rings.